The molecule has 0 atom stereocenters. The Bertz CT molecular complexity index is 811. The zero-order valence-corrected chi connectivity index (χ0v) is 15.4. The Labute approximate surface area is 148 Å². The SMILES string of the molecule is CCNc1cc(C)nc(NCCNS(=O)(=O)c2ccccc2OC)n1. The second-order valence-electron chi connectivity index (χ2n) is 5.22. The van der Waals surface area contributed by atoms with Crippen molar-refractivity contribution in [2.45, 2.75) is 18.7 Å². The molecule has 0 unspecified atom stereocenters. The minimum absolute atomic E-state index is 0.110. The van der Waals surface area contributed by atoms with Crippen LogP contribution in [0.3, 0.4) is 0 Å². The van der Waals surface area contributed by atoms with E-state index in [-0.39, 0.29) is 11.4 Å². The first kappa shape index (κ1) is 18.9. The third kappa shape index (κ3) is 5.30. The van der Waals surface area contributed by atoms with Crippen LogP contribution in [0.2, 0.25) is 0 Å². The maximum absolute atomic E-state index is 12.4. The van der Waals surface area contributed by atoms with E-state index in [0.717, 1.165) is 18.1 Å². The predicted molar refractivity (Wildman–Crippen MR) is 97.6 cm³/mol. The minimum Gasteiger partial charge on any atom is -0.495 e. The van der Waals surface area contributed by atoms with Gasteiger partial charge in [0.2, 0.25) is 16.0 Å². The monoisotopic (exact) mass is 365 g/mol. The van der Waals surface area contributed by atoms with Crippen LogP contribution in [0.1, 0.15) is 12.6 Å². The highest BCUT2D eigenvalue weighted by Gasteiger charge is 2.18. The minimum atomic E-state index is -3.65. The molecule has 0 aliphatic carbocycles. The van der Waals surface area contributed by atoms with Gasteiger partial charge >= 0.3 is 0 Å². The van der Waals surface area contributed by atoms with Crippen LogP contribution >= 0.6 is 0 Å². The van der Waals surface area contributed by atoms with Crippen LogP contribution in [-0.4, -0.2) is 45.1 Å². The topological polar surface area (TPSA) is 105 Å². The standard InChI is InChI=1S/C16H23N5O3S/c1-4-17-15-11-12(2)20-16(21-15)18-9-10-19-25(22,23)14-8-6-5-7-13(14)24-3/h5-8,11,19H,4,9-10H2,1-3H3,(H2,17,18,20,21). The summed E-state index contributed by atoms with van der Waals surface area (Å²) in [5.41, 5.74) is 0.822. The number of hydrogen-bond acceptors (Lipinski definition) is 7. The second kappa shape index (κ2) is 8.63. The quantitative estimate of drug-likeness (QED) is 0.580. The van der Waals surface area contributed by atoms with Crippen molar-refractivity contribution in [1.29, 1.82) is 0 Å². The highest BCUT2D eigenvalue weighted by molar-refractivity contribution is 7.89. The van der Waals surface area contributed by atoms with Gasteiger partial charge in [-0.2, -0.15) is 4.98 Å². The summed E-state index contributed by atoms with van der Waals surface area (Å²) in [5, 5.41) is 6.14. The molecule has 0 spiro atoms. The predicted octanol–water partition coefficient (Wildman–Crippen LogP) is 1.62. The van der Waals surface area contributed by atoms with Crippen LogP contribution in [-0.2, 0) is 10.0 Å². The molecule has 0 saturated carbocycles. The summed E-state index contributed by atoms with van der Waals surface area (Å²) in [6.07, 6.45) is 0. The van der Waals surface area contributed by atoms with Crippen LogP contribution in [0.5, 0.6) is 5.75 Å². The lowest BCUT2D eigenvalue weighted by atomic mass is 10.3. The van der Waals surface area contributed by atoms with Gasteiger partial charge in [0.05, 0.1) is 7.11 Å². The van der Waals surface area contributed by atoms with Crippen molar-refractivity contribution in [1.82, 2.24) is 14.7 Å². The summed E-state index contributed by atoms with van der Waals surface area (Å²) in [4.78, 5) is 8.70. The second-order valence-corrected chi connectivity index (χ2v) is 6.96. The molecular formula is C16H23N5O3S. The normalized spacial score (nSPS) is 11.2. The zero-order valence-electron chi connectivity index (χ0n) is 14.5. The van der Waals surface area contributed by atoms with Crippen LogP contribution < -0.4 is 20.1 Å². The van der Waals surface area contributed by atoms with Crippen molar-refractivity contribution >= 4 is 21.8 Å². The van der Waals surface area contributed by atoms with Gasteiger partial charge in [0.15, 0.2) is 0 Å². The summed E-state index contributed by atoms with van der Waals surface area (Å²) in [6.45, 7) is 5.15. The van der Waals surface area contributed by atoms with Crippen molar-refractivity contribution < 1.29 is 13.2 Å². The lowest BCUT2D eigenvalue weighted by molar-refractivity contribution is 0.402. The van der Waals surface area contributed by atoms with Crippen LogP contribution in [0.4, 0.5) is 11.8 Å². The highest BCUT2D eigenvalue weighted by atomic mass is 32.2. The van der Waals surface area contributed by atoms with E-state index in [2.05, 4.69) is 25.3 Å². The van der Waals surface area contributed by atoms with Crippen LogP contribution in [0, 0.1) is 6.92 Å². The molecule has 3 N–H and O–H groups in total. The lowest BCUT2D eigenvalue weighted by Crippen LogP contribution is -2.29. The van der Waals surface area contributed by atoms with Crippen molar-refractivity contribution in [2.75, 3.05) is 37.4 Å². The zero-order chi connectivity index (χ0) is 18.3. The Hall–Kier alpha value is -2.39. The molecule has 0 aliphatic rings. The molecule has 0 amide bonds. The molecule has 1 aromatic carbocycles. The molecule has 2 rings (SSSR count). The first-order valence-corrected chi connectivity index (χ1v) is 9.40. The summed E-state index contributed by atoms with van der Waals surface area (Å²) >= 11 is 0. The van der Waals surface area contributed by atoms with E-state index in [1.165, 1.54) is 13.2 Å². The molecule has 0 aliphatic heterocycles. The molecule has 1 aromatic heterocycles. The number of para-hydroxylation sites is 1. The number of methoxy groups -OCH3 is 1. The fourth-order valence-electron chi connectivity index (χ4n) is 2.20. The van der Waals surface area contributed by atoms with E-state index in [1.807, 2.05) is 19.9 Å². The van der Waals surface area contributed by atoms with Gasteiger partial charge < -0.3 is 15.4 Å². The van der Waals surface area contributed by atoms with Gasteiger partial charge in [0, 0.05) is 31.4 Å². The Kier molecular flexibility index (Phi) is 6.54. The summed E-state index contributed by atoms with van der Waals surface area (Å²) in [6, 6.07) is 8.32. The first-order chi connectivity index (χ1) is 12.0. The number of hydrogen-bond donors (Lipinski definition) is 3. The van der Waals surface area contributed by atoms with Gasteiger partial charge in [-0.15, -0.1) is 0 Å². The van der Waals surface area contributed by atoms with Crippen molar-refractivity contribution in [2.24, 2.45) is 0 Å². The van der Waals surface area contributed by atoms with Gasteiger partial charge in [0.1, 0.15) is 16.5 Å². The Morgan fingerprint density at radius 1 is 1.12 bits per heavy atom. The number of sulfonamides is 1. The number of anilines is 2. The van der Waals surface area contributed by atoms with Gasteiger partial charge in [-0.1, -0.05) is 12.1 Å². The fraction of sp³-hybridized carbons (Fsp3) is 0.375. The third-order valence-electron chi connectivity index (χ3n) is 3.27. The smallest absolute Gasteiger partial charge is 0.244 e. The number of aryl methyl sites for hydroxylation is 1. The molecule has 25 heavy (non-hydrogen) atoms. The van der Waals surface area contributed by atoms with Gasteiger partial charge in [-0.25, -0.2) is 18.1 Å². The lowest BCUT2D eigenvalue weighted by Gasteiger charge is -2.11. The van der Waals surface area contributed by atoms with E-state index in [4.69, 9.17) is 4.74 Å². The molecule has 0 fully saturated rings. The Morgan fingerprint density at radius 3 is 2.60 bits per heavy atom. The van der Waals surface area contributed by atoms with Crippen molar-refractivity contribution in [3.63, 3.8) is 0 Å². The maximum Gasteiger partial charge on any atom is 0.244 e. The molecule has 1 heterocycles. The molecule has 0 saturated heterocycles. The van der Waals surface area contributed by atoms with E-state index >= 15 is 0 Å². The largest absolute Gasteiger partial charge is 0.495 e. The summed E-state index contributed by atoms with van der Waals surface area (Å²) < 4.78 is 32.3. The number of aromatic nitrogens is 2. The molecule has 9 heteroatoms. The molecule has 136 valence electrons. The van der Waals surface area contributed by atoms with Crippen molar-refractivity contribution in [3.05, 3.63) is 36.0 Å². The number of nitrogens with zero attached hydrogens (tertiary/aromatic N) is 2. The Balaban J connectivity index is 1.94. The molecule has 0 radical (unpaired) electrons. The highest BCUT2D eigenvalue weighted by Crippen LogP contribution is 2.22. The van der Waals surface area contributed by atoms with Gasteiger partial charge in [-0.05, 0) is 26.0 Å². The van der Waals surface area contributed by atoms with Crippen molar-refractivity contribution in [3.8, 4) is 5.75 Å². The van der Waals surface area contributed by atoms with E-state index in [1.54, 1.807) is 18.2 Å². The van der Waals surface area contributed by atoms with Gasteiger partial charge in [-0.3, -0.25) is 0 Å². The van der Waals surface area contributed by atoms with Crippen LogP contribution in [0.25, 0.3) is 0 Å². The van der Waals surface area contributed by atoms with Gasteiger partial charge in [0.25, 0.3) is 0 Å². The Morgan fingerprint density at radius 2 is 1.88 bits per heavy atom. The van der Waals surface area contributed by atoms with E-state index in [0.29, 0.717) is 18.2 Å². The van der Waals surface area contributed by atoms with E-state index in [9.17, 15) is 8.42 Å². The number of nitrogens with one attached hydrogen (secondary N) is 3. The third-order valence-corrected chi connectivity index (χ3v) is 4.77. The molecular weight excluding hydrogens is 342 g/mol. The first-order valence-electron chi connectivity index (χ1n) is 7.92. The number of ether oxygens (including phenoxy) is 1. The average Bonchev–Trinajstić information content (AvgIpc) is 2.58. The number of benzene rings is 1. The summed E-state index contributed by atoms with van der Waals surface area (Å²) in [5.74, 6) is 1.49. The molecule has 8 nitrogen and oxygen atoms in total. The molecule has 2 aromatic rings. The average molecular weight is 365 g/mol. The molecule has 0 bridgehead atoms. The van der Waals surface area contributed by atoms with E-state index < -0.39 is 10.0 Å². The maximum atomic E-state index is 12.4. The fourth-order valence-corrected chi connectivity index (χ4v) is 3.40. The number of rotatable bonds is 9. The summed E-state index contributed by atoms with van der Waals surface area (Å²) in [7, 11) is -2.21. The van der Waals surface area contributed by atoms with Crippen LogP contribution in [0.15, 0.2) is 35.2 Å².